The second-order valence-corrected chi connectivity index (χ2v) is 6.54. The molecule has 0 spiro atoms. The number of halogens is 1. The van der Waals surface area contributed by atoms with Crippen molar-refractivity contribution in [1.29, 1.82) is 0 Å². The van der Waals surface area contributed by atoms with Gasteiger partial charge in [-0.3, -0.25) is 15.0 Å². The number of aliphatic hydroxyl groups excluding tert-OH is 1. The second-order valence-electron chi connectivity index (χ2n) is 6.54. The SMILES string of the molecule is CC1(C)Oc2cc([N+](=O)[O-])c(N)cc2[C@@H](N2CCCC2)[C@@H]1O.Cl. The maximum atomic E-state index is 11.1. The number of nitrogens with zero attached hydrogens (tertiary/aromatic N) is 2. The summed E-state index contributed by atoms with van der Waals surface area (Å²) in [4.78, 5) is 12.8. The fourth-order valence-electron chi connectivity index (χ4n) is 3.39. The molecule has 7 nitrogen and oxygen atoms in total. The number of hydrogen-bond donors (Lipinski definition) is 2. The van der Waals surface area contributed by atoms with Crippen LogP contribution in [0.2, 0.25) is 0 Å². The molecule has 1 aromatic carbocycles. The molecule has 2 heterocycles. The summed E-state index contributed by atoms with van der Waals surface area (Å²) in [5.41, 5.74) is 5.68. The van der Waals surface area contributed by atoms with Gasteiger partial charge in [-0.1, -0.05) is 0 Å². The Labute approximate surface area is 141 Å². The molecule has 0 saturated carbocycles. The van der Waals surface area contributed by atoms with Crippen LogP contribution in [0.25, 0.3) is 0 Å². The van der Waals surface area contributed by atoms with Crippen molar-refractivity contribution in [2.45, 2.75) is 44.4 Å². The Bertz CT molecular complexity index is 617. The molecule has 3 rings (SSSR count). The van der Waals surface area contributed by atoms with E-state index in [-0.39, 0.29) is 29.8 Å². The monoisotopic (exact) mass is 343 g/mol. The first-order valence-electron chi connectivity index (χ1n) is 7.50. The van der Waals surface area contributed by atoms with E-state index in [1.54, 1.807) is 19.9 Å². The molecular formula is C15H22ClN3O4. The Balaban J connectivity index is 0.00000192. The number of fused-ring (bicyclic) bond motifs is 1. The predicted molar refractivity (Wildman–Crippen MR) is 89.0 cm³/mol. The molecule has 128 valence electrons. The number of ether oxygens (including phenoxy) is 1. The normalized spacial score (nSPS) is 26.0. The minimum absolute atomic E-state index is 0. The molecule has 0 aliphatic carbocycles. The average molecular weight is 344 g/mol. The fourth-order valence-corrected chi connectivity index (χ4v) is 3.39. The molecule has 8 heteroatoms. The molecular weight excluding hydrogens is 322 g/mol. The van der Waals surface area contributed by atoms with E-state index in [0.29, 0.717) is 5.75 Å². The van der Waals surface area contributed by atoms with E-state index in [0.717, 1.165) is 31.5 Å². The Morgan fingerprint density at radius 2 is 2.00 bits per heavy atom. The summed E-state index contributed by atoms with van der Waals surface area (Å²) in [6.07, 6.45) is 1.45. The maximum absolute atomic E-state index is 11.1. The van der Waals surface area contributed by atoms with Crippen LogP contribution < -0.4 is 10.5 Å². The van der Waals surface area contributed by atoms with Gasteiger partial charge in [0.1, 0.15) is 23.1 Å². The molecule has 2 atom stereocenters. The molecule has 2 aliphatic heterocycles. The number of nitro groups is 1. The van der Waals surface area contributed by atoms with Gasteiger partial charge in [0, 0.05) is 5.56 Å². The van der Waals surface area contributed by atoms with Crippen LogP contribution in [0.3, 0.4) is 0 Å². The van der Waals surface area contributed by atoms with Crippen LogP contribution in [-0.2, 0) is 0 Å². The Kier molecular flexibility index (Phi) is 4.75. The third kappa shape index (κ3) is 2.96. The molecule has 0 radical (unpaired) electrons. The summed E-state index contributed by atoms with van der Waals surface area (Å²) in [7, 11) is 0. The molecule has 3 N–H and O–H groups in total. The highest BCUT2D eigenvalue weighted by Crippen LogP contribution is 2.46. The fraction of sp³-hybridized carbons (Fsp3) is 0.600. The minimum Gasteiger partial charge on any atom is -0.484 e. The molecule has 0 amide bonds. The highest BCUT2D eigenvalue weighted by molar-refractivity contribution is 5.85. The molecule has 0 bridgehead atoms. The third-order valence-electron chi connectivity index (χ3n) is 4.59. The number of anilines is 1. The topological polar surface area (TPSA) is 102 Å². The van der Waals surface area contributed by atoms with E-state index < -0.39 is 16.6 Å². The van der Waals surface area contributed by atoms with Crippen LogP contribution in [0.15, 0.2) is 12.1 Å². The number of nitrogens with two attached hydrogens (primary N) is 1. The van der Waals surface area contributed by atoms with Crippen LogP contribution in [0.5, 0.6) is 5.75 Å². The lowest BCUT2D eigenvalue weighted by Crippen LogP contribution is -2.53. The number of nitro benzene ring substituents is 1. The smallest absolute Gasteiger partial charge is 0.295 e. The third-order valence-corrected chi connectivity index (χ3v) is 4.59. The Morgan fingerprint density at radius 3 is 2.57 bits per heavy atom. The first kappa shape index (κ1) is 17.8. The standard InChI is InChI=1S/C15H21N3O4.ClH/c1-15(2)14(19)13(17-5-3-4-6-17)9-7-10(16)11(18(20)21)8-12(9)22-15;/h7-8,13-14,19H,3-6,16H2,1-2H3;1H/t13-,14+;/m1./s1. The molecule has 1 saturated heterocycles. The van der Waals surface area contributed by atoms with Gasteiger partial charge in [0.15, 0.2) is 0 Å². The highest BCUT2D eigenvalue weighted by atomic mass is 35.5. The Hall–Kier alpha value is -1.57. The first-order valence-corrected chi connectivity index (χ1v) is 7.50. The predicted octanol–water partition coefficient (Wildman–Crippen LogP) is 2.27. The number of likely N-dealkylation sites (tertiary alicyclic amines) is 1. The van der Waals surface area contributed by atoms with Gasteiger partial charge in [0.25, 0.3) is 5.69 Å². The quantitative estimate of drug-likeness (QED) is 0.485. The van der Waals surface area contributed by atoms with E-state index in [9.17, 15) is 15.2 Å². The number of rotatable bonds is 2. The second kappa shape index (κ2) is 6.14. The zero-order valence-electron chi connectivity index (χ0n) is 13.2. The van der Waals surface area contributed by atoms with Crippen LogP contribution in [0.1, 0.15) is 38.3 Å². The van der Waals surface area contributed by atoms with E-state index >= 15 is 0 Å². The van der Waals surface area contributed by atoms with Crippen molar-refractivity contribution in [3.63, 3.8) is 0 Å². The molecule has 1 aromatic rings. The number of aliphatic hydroxyl groups is 1. The van der Waals surface area contributed by atoms with Gasteiger partial charge in [0.2, 0.25) is 0 Å². The molecule has 0 unspecified atom stereocenters. The van der Waals surface area contributed by atoms with Crippen molar-refractivity contribution >= 4 is 23.8 Å². The van der Waals surface area contributed by atoms with E-state index in [1.807, 2.05) is 0 Å². The van der Waals surface area contributed by atoms with Crippen molar-refractivity contribution in [3.8, 4) is 5.75 Å². The highest BCUT2D eigenvalue weighted by Gasteiger charge is 2.46. The minimum atomic E-state index is -0.815. The first-order chi connectivity index (χ1) is 10.3. The Morgan fingerprint density at radius 1 is 1.39 bits per heavy atom. The molecule has 0 aromatic heterocycles. The number of hydrogen-bond acceptors (Lipinski definition) is 6. The summed E-state index contributed by atoms with van der Waals surface area (Å²) < 4.78 is 5.83. The van der Waals surface area contributed by atoms with Crippen LogP contribution in [0, 0.1) is 10.1 Å². The van der Waals surface area contributed by atoms with Crippen LogP contribution in [0.4, 0.5) is 11.4 Å². The summed E-state index contributed by atoms with van der Waals surface area (Å²) >= 11 is 0. The van der Waals surface area contributed by atoms with Gasteiger partial charge in [-0.05, 0) is 45.8 Å². The molecule has 1 fully saturated rings. The van der Waals surface area contributed by atoms with Gasteiger partial charge in [-0.2, -0.15) is 0 Å². The zero-order valence-corrected chi connectivity index (χ0v) is 14.0. The lowest BCUT2D eigenvalue weighted by molar-refractivity contribution is -0.384. The van der Waals surface area contributed by atoms with Gasteiger partial charge < -0.3 is 15.6 Å². The average Bonchev–Trinajstić information content (AvgIpc) is 2.93. The number of benzene rings is 1. The maximum Gasteiger partial charge on any atom is 0.295 e. The largest absolute Gasteiger partial charge is 0.484 e. The van der Waals surface area contributed by atoms with Crippen LogP contribution in [-0.4, -0.2) is 39.7 Å². The van der Waals surface area contributed by atoms with Crippen molar-refractivity contribution in [1.82, 2.24) is 4.90 Å². The summed E-state index contributed by atoms with van der Waals surface area (Å²) in [6, 6.07) is 2.71. The molecule has 2 aliphatic rings. The van der Waals surface area contributed by atoms with E-state index in [4.69, 9.17) is 10.5 Å². The van der Waals surface area contributed by atoms with Crippen molar-refractivity contribution in [2.24, 2.45) is 0 Å². The van der Waals surface area contributed by atoms with Crippen molar-refractivity contribution < 1.29 is 14.8 Å². The van der Waals surface area contributed by atoms with Gasteiger partial charge in [-0.15, -0.1) is 12.4 Å². The zero-order chi connectivity index (χ0) is 16.1. The molecule has 23 heavy (non-hydrogen) atoms. The van der Waals surface area contributed by atoms with Crippen molar-refractivity contribution in [2.75, 3.05) is 18.8 Å². The van der Waals surface area contributed by atoms with Gasteiger partial charge in [0.05, 0.1) is 17.0 Å². The van der Waals surface area contributed by atoms with Crippen LogP contribution >= 0.6 is 12.4 Å². The van der Waals surface area contributed by atoms with Crippen molar-refractivity contribution in [3.05, 3.63) is 27.8 Å². The summed E-state index contributed by atoms with van der Waals surface area (Å²) in [5, 5.41) is 21.8. The van der Waals surface area contributed by atoms with Gasteiger partial charge >= 0.3 is 0 Å². The van der Waals surface area contributed by atoms with E-state index in [1.165, 1.54) is 6.07 Å². The number of nitrogen functional groups attached to an aromatic ring is 1. The van der Waals surface area contributed by atoms with Gasteiger partial charge in [-0.25, -0.2) is 0 Å². The summed E-state index contributed by atoms with van der Waals surface area (Å²) in [6.45, 7) is 5.39. The lowest BCUT2D eigenvalue weighted by atomic mass is 9.85. The van der Waals surface area contributed by atoms with E-state index in [2.05, 4.69) is 4.90 Å². The summed E-state index contributed by atoms with van der Waals surface area (Å²) in [5.74, 6) is 0.438. The lowest BCUT2D eigenvalue weighted by Gasteiger charge is -2.45.